The van der Waals surface area contributed by atoms with Gasteiger partial charge in [-0.2, -0.15) is 0 Å². The second-order valence-corrected chi connectivity index (χ2v) is 7.90. The highest BCUT2D eigenvalue weighted by atomic mass is 35.5. The summed E-state index contributed by atoms with van der Waals surface area (Å²) in [6, 6.07) is 19.7. The lowest BCUT2D eigenvalue weighted by Crippen LogP contribution is -2.44. The molecular weight excluding hydrogens is 446 g/mol. The van der Waals surface area contributed by atoms with Crippen molar-refractivity contribution in [3.63, 3.8) is 0 Å². The summed E-state index contributed by atoms with van der Waals surface area (Å²) in [5, 5.41) is 2.14. The number of esters is 1. The predicted molar refractivity (Wildman–Crippen MR) is 122 cm³/mol. The Bertz CT molecular complexity index is 1240. The molecule has 4 rings (SSSR count). The van der Waals surface area contributed by atoms with Crippen molar-refractivity contribution < 1.29 is 23.9 Å². The van der Waals surface area contributed by atoms with Gasteiger partial charge in [0.05, 0.1) is 22.2 Å². The van der Waals surface area contributed by atoms with E-state index in [9.17, 15) is 19.2 Å². The molecule has 1 fully saturated rings. The van der Waals surface area contributed by atoms with Gasteiger partial charge in [0.1, 0.15) is 0 Å². The molecule has 1 saturated heterocycles. The zero-order valence-electron chi connectivity index (χ0n) is 17.4. The van der Waals surface area contributed by atoms with Crippen LogP contribution in [0.2, 0.25) is 5.02 Å². The molecule has 3 amide bonds. The summed E-state index contributed by atoms with van der Waals surface area (Å²) in [6.07, 6.45) is -0.00703. The van der Waals surface area contributed by atoms with Crippen molar-refractivity contribution in [3.8, 4) is 0 Å². The van der Waals surface area contributed by atoms with Gasteiger partial charge in [0.15, 0.2) is 6.61 Å². The van der Waals surface area contributed by atoms with Gasteiger partial charge in [0.2, 0.25) is 5.91 Å². The molecule has 0 radical (unpaired) electrons. The summed E-state index contributed by atoms with van der Waals surface area (Å²) in [7, 11) is 0. The number of amides is 3. The van der Waals surface area contributed by atoms with Crippen LogP contribution < -0.4 is 15.8 Å². The summed E-state index contributed by atoms with van der Waals surface area (Å²) < 4.78 is 5.06. The van der Waals surface area contributed by atoms with Crippen LogP contribution >= 0.6 is 11.6 Å². The summed E-state index contributed by atoms with van der Waals surface area (Å²) in [6.45, 7) is -0.433. The Kier molecular flexibility index (Phi) is 6.55. The monoisotopic (exact) mass is 465 g/mol. The minimum atomic E-state index is -0.723. The number of hydrogen-bond acceptors (Lipinski definition) is 5. The van der Waals surface area contributed by atoms with Crippen molar-refractivity contribution in [3.05, 3.63) is 77.3 Å². The molecule has 1 atom stereocenters. The molecule has 3 aromatic rings. The second kappa shape index (κ2) is 9.70. The van der Waals surface area contributed by atoms with Gasteiger partial charge in [0.25, 0.3) is 11.8 Å². The Balaban J connectivity index is 1.30. The van der Waals surface area contributed by atoms with Gasteiger partial charge < -0.3 is 9.64 Å². The van der Waals surface area contributed by atoms with Crippen molar-refractivity contribution >= 4 is 51.8 Å². The summed E-state index contributed by atoms with van der Waals surface area (Å²) in [5.41, 5.74) is 5.29. The number of carbonyl (C=O) groups excluding carboxylic acids is 4. The topological polar surface area (TPSA) is 105 Å². The number of ether oxygens (including phenoxy) is 1. The van der Waals surface area contributed by atoms with Crippen LogP contribution in [0.15, 0.2) is 66.7 Å². The van der Waals surface area contributed by atoms with Crippen molar-refractivity contribution in [1.82, 2.24) is 10.9 Å². The van der Waals surface area contributed by atoms with E-state index < -0.39 is 30.3 Å². The minimum Gasteiger partial charge on any atom is -0.455 e. The molecule has 2 N–H and O–H groups in total. The molecule has 0 saturated carbocycles. The quantitative estimate of drug-likeness (QED) is 0.445. The number of rotatable bonds is 5. The fourth-order valence-corrected chi connectivity index (χ4v) is 3.89. The highest BCUT2D eigenvalue weighted by molar-refractivity contribution is 6.33. The molecule has 0 aliphatic carbocycles. The lowest BCUT2D eigenvalue weighted by atomic mass is 10.1. The van der Waals surface area contributed by atoms with Crippen molar-refractivity contribution in [2.75, 3.05) is 18.1 Å². The van der Waals surface area contributed by atoms with Crippen LogP contribution in [0.4, 0.5) is 5.69 Å². The summed E-state index contributed by atoms with van der Waals surface area (Å²) >= 11 is 5.94. The molecular formula is C24H20ClN3O5. The first kappa shape index (κ1) is 22.3. The van der Waals surface area contributed by atoms with Crippen LogP contribution in [0, 0.1) is 5.92 Å². The van der Waals surface area contributed by atoms with Crippen molar-refractivity contribution in [1.29, 1.82) is 0 Å². The molecule has 0 aromatic heterocycles. The normalized spacial score (nSPS) is 15.4. The molecule has 168 valence electrons. The summed E-state index contributed by atoms with van der Waals surface area (Å²) in [4.78, 5) is 50.6. The number of anilines is 1. The fraction of sp³-hybridized carbons (Fsp3) is 0.167. The smallest absolute Gasteiger partial charge is 0.311 e. The predicted octanol–water partition coefficient (Wildman–Crippen LogP) is 2.85. The number of hydrogen-bond donors (Lipinski definition) is 2. The zero-order chi connectivity index (χ0) is 23.4. The molecule has 8 nitrogen and oxygen atoms in total. The van der Waals surface area contributed by atoms with Crippen LogP contribution in [0.5, 0.6) is 0 Å². The van der Waals surface area contributed by atoms with E-state index in [1.807, 2.05) is 42.5 Å². The second-order valence-electron chi connectivity index (χ2n) is 7.49. The van der Waals surface area contributed by atoms with E-state index in [2.05, 4.69) is 10.9 Å². The Morgan fingerprint density at radius 2 is 1.70 bits per heavy atom. The van der Waals surface area contributed by atoms with Gasteiger partial charge in [-0.25, -0.2) is 0 Å². The van der Waals surface area contributed by atoms with Crippen molar-refractivity contribution in [2.45, 2.75) is 6.42 Å². The average molecular weight is 466 g/mol. The Morgan fingerprint density at radius 3 is 2.52 bits per heavy atom. The molecule has 9 heteroatoms. The number of halogens is 1. The highest BCUT2D eigenvalue weighted by Gasteiger charge is 2.37. The number of carbonyl (C=O) groups is 4. The molecule has 0 spiro atoms. The zero-order valence-corrected chi connectivity index (χ0v) is 18.2. The molecule has 0 unspecified atom stereocenters. The molecule has 1 aliphatic rings. The van der Waals surface area contributed by atoms with Gasteiger partial charge >= 0.3 is 5.97 Å². The van der Waals surface area contributed by atoms with Crippen molar-refractivity contribution in [2.24, 2.45) is 5.92 Å². The SMILES string of the molecule is O=C(COC(=O)[C@@H]1CC(=O)N(c2cccc3ccccc23)C1)NNC(=O)c1ccccc1Cl. The van der Waals surface area contributed by atoms with Gasteiger partial charge in [0, 0.05) is 18.4 Å². The highest BCUT2D eigenvalue weighted by Crippen LogP contribution is 2.32. The number of benzene rings is 3. The lowest BCUT2D eigenvalue weighted by molar-refractivity contribution is -0.152. The molecule has 3 aromatic carbocycles. The fourth-order valence-electron chi connectivity index (χ4n) is 3.67. The first-order valence-corrected chi connectivity index (χ1v) is 10.6. The average Bonchev–Trinajstić information content (AvgIpc) is 3.22. The van der Waals surface area contributed by atoms with E-state index in [0.29, 0.717) is 0 Å². The van der Waals surface area contributed by atoms with Gasteiger partial charge in [-0.1, -0.05) is 60.1 Å². The van der Waals surface area contributed by atoms with E-state index >= 15 is 0 Å². The first-order valence-electron chi connectivity index (χ1n) is 10.2. The van der Waals surface area contributed by atoms with Crippen LogP contribution in [0.3, 0.4) is 0 Å². The van der Waals surface area contributed by atoms with Gasteiger partial charge in [-0.3, -0.25) is 30.0 Å². The lowest BCUT2D eigenvalue weighted by Gasteiger charge is -2.18. The van der Waals surface area contributed by atoms with Gasteiger partial charge in [-0.15, -0.1) is 0 Å². The Morgan fingerprint density at radius 1 is 0.970 bits per heavy atom. The molecule has 33 heavy (non-hydrogen) atoms. The van der Waals surface area contributed by atoms with Gasteiger partial charge in [-0.05, 0) is 23.6 Å². The largest absolute Gasteiger partial charge is 0.455 e. The number of fused-ring (bicyclic) bond motifs is 1. The van der Waals surface area contributed by atoms with Crippen LogP contribution in [-0.2, 0) is 19.1 Å². The van der Waals surface area contributed by atoms with E-state index in [4.69, 9.17) is 16.3 Å². The number of nitrogens with one attached hydrogen (secondary N) is 2. The third kappa shape index (κ3) is 4.96. The Labute approximate surface area is 194 Å². The van der Waals surface area contributed by atoms with E-state index in [0.717, 1.165) is 16.5 Å². The third-order valence-corrected chi connectivity index (χ3v) is 5.62. The van der Waals surface area contributed by atoms with Crippen LogP contribution in [-0.4, -0.2) is 36.8 Å². The maximum atomic E-state index is 12.6. The minimum absolute atomic E-state index is 0.00703. The number of hydrazine groups is 1. The Hall–Kier alpha value is -3.91. The van der Waals surface area contributed by atoms with Crippen LogP contribution in [0.25, 0.3) is 10.8 Å². The van der Waals surface area contributed by atoms with Crippen LogP contribution in [0.1, 0.15) is 16.8 Å². The molecule has 1 aliphatic heterocycles. The standard InChI is InChI=1S/C24H20ClN3O5/c25-19-10-4-3-9-18(19)23(31)27-26-21(29)14-33-24(32)16-12-22(30)28(13-16)20-11-5-7-15-6-1-2-8-17(15)20/h1-11,16H,12-14H2,(H,26,29)(H,27,31)/t16-/m1/s1. The van der Waals surface area contributed by atoms with E-state index in [1.54, 1.807) is 23.1 Å². The molecule has 0 bridgehead atoms. The summed E-state index contributed by atoms with van der Waals surface area (Å²) in [5.74, 6) is -2.86. The van der Waals surface area contributed by atoms with E-state index in [1.165, 1.54) is 6.07 Å². The third-order valence-electron chi connectivity index (χ3n) is 5.30. The van der Waals surface area contributed by atoms with E-state index in [-0.39, 0.29) is 29.5 Å². The first-order chi connectivity index (χ1) is 15.9. The maximum Gasteiger partial charge on any atom is 0.311 e. The molecule has 1 heterocycles. The maximum absolute atomic E-state index is 12.6. The number of nitrogens with zero attached hydrogens (tertiary/aromatic N) is 1.